The number of aromatic hydroxyl groups is 2. The van der Waals surface area contributed by atoms with E-state index in [-0.39, 0.29) is 47.3 Å². The number of phenolic OH excluding ortho intramolecular Hbond substituents is 1. The predicted octanol–water partition coefficient (Wildman–Crippen LogP) is 4.11. The molecule has 0 unspecified atom stereocenters. The zero-order valence-electron chi connectivity index (χ0n) is 17.4. The molecule has 0 aliphatic carbocycles. The van der Waals surface area contributed by atoms with Gasteiger partial charge in [0, 0.05) is 42.1 Å². The van der Waals surface area contributed by atoms with Crippen molar-refractivity contribution in [2.45, 2.75) is 13.1 Å². The molecule has 0 fully saturated rings. The van der Waals surface area contributed by atoms with Crippen molar-refractivity contribution in [3.05, 3.63) is 95.8 Å². The van der Waals surface area contributed by atoms with Gasteiger partial charge in [-0.05, 0) is 41.5 Å². The van der Waals surface area contributed by atoms with Gasteiger partial charge in [-0.15, -0.1) is 0 Å². The molecule has 0 bridgehead atoms. The van der Waals surface area contributed by atoms with E-state index in [1.807, 2.05) is 0 Å². The largest absolute Gasteiger partial charge is 0.505 e. The van der Waals surface area contributed by atoms with Gasteiger partial charge in [0.05, 0.1) is 17.5 Å². The number of hydrogen-bond acceptors (Lipinski definition) is 5. The second kappa shape index (κ2) is 8.23. The minimum atomic E-state index is -0.367. The fraction of sp³-hybridized carbons (Fsp3) is 0.0800. The highest BCUT2D eigenvalue weighted by Crippen LogP contribution is 2.42. The van der Waals surface area contributed by atoms with Gasteiger partial charge in [0.25, 0.3) is 5.91 Å². The van der Waals surface area contributed by atoms with E-state index in [0.717, 1.165) is 11.1 Å². The number of hydrogen-bond donors (Lipinski definition) is 3. The van der Waals surface area contributed by atoms with Crippen LogP contribution in [0, 0.1) is 5.82 Å². The molecule has 0 aliphatic rings. The quantitative estimate of drug-likeness (QED) is 0.380. The van der Waals surface area contributed by atoms with Crippen LogP contribution in [-0.2, 0) is 13.1 Å². The first-order chi connectivity index (χ1) is 16.0. The van der Waals surface area contributed by atoms with E-state index >= 15 is 0 Å². The van der Waals surface area contributed by atoms with Crippen LogP contribution in [0.5, 0.6) is 11.6 Å². The number of phenols is 1. The molecule has 33 heavy (non-hydrogen) atoms. The number of carbonyl (C=O) groups excluding carboxylic acids is 1. The number of aromatic nitrogens is 3. The number of fused-ring (bicyclic) bond motifs is 2. The molecule has 2 aromatic carbocycles. The lowest BCUT2D eigenvalue weighted by molar-refractivity contribution is 0.0954. The Morgan fingerprint density at radius 2 is 1.73 bits per heavy atom. The maximum absolute atomic E-state index is 13.3. The number of nitrogens with one attached hydrogen (secondary N) is 1. The van der Waals surface area contributed by atoms with Crippen molar-refractivity contribution in [2.75, 3.05) is 0 Å². The Bertz CT molecular complexity index is 1480. The third kappa shape index (κ3) is 3.71. The maximum atomic E-state index is 13.3. The molecule has 164 valence electrons. The Hall–Kier alpha value is -4.46. The molecular weight excluding hydrogens is 423 g/mol. The average molecular weight is 442 g/mol. The van der Waals surface area contributed by atoms with Gasteiger partial charge in [0.15, 0.2) is 5.75 Å². The van der Waals surface area contributed by atoms with Crippen LogP contribution in [0.2, 0.25) is 0 Å². The van der Waals surface area contributed by atoms with Gasteiger partial charge in [0.1, 0.15) is 11.3 Å². The molecule has 0 radical (unpaired) electrons. The van der Waals surface area contributed by atoms with E-state index in [9.17, 15) is 19.4 Å². The van der Waals surface area contributed by atoms with Gasteiger partial charge >= 0.3 is 0 Å². The predicted molar refractivity (Wildman–Crippen MR) is 121 cm³/mol. The lowest BCUT2D eigenvalue weighted by atomic mass is 10.0. The number of halogens is 1. The van der Waals surface area contributed by atoms with Gasteiger partial charge in [-0.2, -0.15) is 0 Å². The molecule has 3 heterocycles. The molecule has 8 heteroatoms. The Morgan fingerprint density at radius 3 is 2.48 bits per heavy atom. The van der Waals surface area contributed by atoms with E-state index in [1.165, 1.54) is 22.9 Å². The Labute approximate surface area is 187 Å². The summed E-state index contributed by atoms with van der Waals surface area (Å²) in [5.74, 6) is -1.14. The monoisotopic (exact) mass is 442 g/mol. The van der Waals surface area contributed by atoms with Crippen molar-refractivity contribution in [3.8, 4) is 11.6 Å². The lowest BCUT2D eigenvalue weighted by Gasteiger charge is -2.11. The first-order valence-electron chi connectivity index (χ1n) is 10.3. The summed E-state index contributed by atoms with van der Waals surface area (Å²) in [7, 11) is 0. The van der Waals surface area contributed by atoms with E-state index in [2.05, 4.69) is 15.3 Å². The summed E-state index contributed by atoms with van der Waals surface area (Å²) >= 11 is 0. The Balaban J connectivity index is 1.63. The van der Waals surface area contributed by atoms with Gasteiger partial charge in [0.2, 0.25) is 5.88 Å². The molecule has 0 spiro atoms. The molecule has 7 nitrogen and oxygen atoms in total. The fourth-order valence-corrected chi connectivity index (χ4v) is 3.95. The van der Waals surface area contributed by atoms with Crippen LogP contribution in [0.3, 0.4) is 0 Å². The normalized spacial score (nSPS) is 11.2. The number of nitrogens with zero attached hydrogens (tertiary/aromatic N) is 3. The fourth-order valence-electron chi connectivity index (χ4n) is 3.95. The number of amides is 1. The summed E-state index contributed by atoms with van der Waals surface area (Å²) in [5, 5.41) is 25.7. The Morgan fingerprint density at radius 1 is 0.970 bits per heavy atom. The van der Waals surface area contributed by atoms with Crippen LogP contribution in [0.15, 0.2) is 73.3 Å². The highest BCUT2D eigenvalue weighted by atomic mass is 19.1. The van der Waals surface area contributed by atoms with Crippen LogP contribution < -0.4 is 5.32 Å². The van der Waals surface area contributed by atoms with Crippen molar-refractivity contribution < 1.29 is 19.4 Å². The summed E-state index contributed by atoms with van der Waals surface area (Å²) < 4.78 is 14.8. The molecule has 3 N–H and O–H groups in total. The molecule has 0 saturated carbocycles. The van der Waals surface area contributed by atoms with E-state index < -0.39 is 0 Å². The van der Waals surface area contributed by atoms with Crippen LogP contribution in [0.4, 0.5) is 4.39 Å². The highest BCUT2D eigenvalue weighted by molar-refractivity contribution is 6.21. The van der Waals surface area contributed by atoms with Gasteiger partial charge < -0.3 is 20.1 Å². The number of pyridine rings is 2. The molecule has 0 aliphatic heterocycles. The highest BCUT2D eigenvalue weighted by Gasteiger charge is 2.24. The van der Waals surface area contributed by atoms with Gasteiger partial charge in [-0.25, -0.2) is 4.39 Å². The standard InChI is InChI=1S/C25H19FN4O3/c26-17-5-3-16(4-6-17)13-30-14-19-20(24(32)29-12-15-7-10-27-11-8-15)18-2-1-9-28-22(18)23(31)21(19)25(30)33/h1-11,14,31,33H,12-13H2,(H,29,32). The number of carbonyl (C=O) groups is 1. The molecule has 1 amide bonds. The zero-order valence-corrected chi connectivity index (χ0v) is 17.4. The van der Waals surface area contributed by atoms with Crippen LogP contribution in [0.1, 0.15) is 21.5 Å². The van der Waals surface area contributed by atoms with Gasteiger partial charge in [-0.1, -0.05) is 18.2 Å². The molecule has 5 aromatic rings. The van der Waals surface area contributed by atoms with Gasteiger partial charge in [-0.3, -0.25) is 14.8 Å². The van der Waals surface area contributed by atoms with E-state index in [0.29, 0.717) is 16.3 Å². The molecular formula is C25H19FN4O3. The second-order valence-corrected chi connectivity index (χ2v) is 7.66. The zero-order chi connectivity index (χ0) is 22.9. The van der Waals surface area contributed by atoms with E-state index in [1.54, 1.807) is 55.0 Å². The SMILES string of the molecule is O=C(NCc1ccncc1)c1c2cccnc2c(O)c2c(O)n(Cc3ccc(F)cc3)cc12. The third-order valence-corrected chi connectivity index (χ3v) is 5.55. The summed E-state index contributed by atoms with van der Waals surface area (Å²) in [6.45, 7) is 0.510. The molecule has 5 rings (SSSR count). The molecule has 0 atom stereocenters. The van der Waals surface area contributed by atoms with E-state index in [4.69, 9.17) is 0 Å². The summed E-state index contributed by atoms with van der Waals surface area (Å²) in [6, 6.07) is 12.9. The number of rotatable bonds is 5. The second-order valence-electron chi connectivity index (χ2n) is 7.66. The van der Waals surface area contributed by atoms with Crippen molar-refractivity contribution in [3.63, 3.8) is 0 Å². The average Bonchev–Trinajstić information content (AvgIpc) is 3.15. The summed E-state index contributed by atoms with van der Waals surface area (Å²) in [5.41, 5.74) is 2.15. The Kier molecular flexibility index (Phi) is 5.10. The number of benzene rings is 2. The summed E-state index contributed by atoms with van der Waals surface area (Å²) in [4.78, 5) is 21.5. The topological polar surface area (TPSA) is 100 Å². The van der Waals surface area contributed by atoms with Crippen molar-refractivity contribution in [1.29, 1.82) is 0 Å². The molecule has 3 aromatic heterocycles. The van der Waals surface area contributed by atoms with Crippen molar-refractivity contribution >= 4 is 27.6 Å². The molecule has 0 saturated heterocycles. The summed E-state index contributed by atoms with van der Waals surface area (Å²) in [6.07, 6.45) is 6.42. The van der Waals surface area contributed by atoms with Crippen LogP contribution in [0.25, 0.3) is 21.7 Å². The van der Waals surface area contributed by atoms with Crippen LogP contribution >= 0.6 is 0 Å². The van der Waals surface area contributed by atoms with Crippen LogP contribution in [-0.4, -0.2) is 30.7 Å². The first kappa shape index (κ1) is 20.4. The van der Waals surface area contributed by atoms with Crippen molar-refractivity contribution in [1.82, 2.24) is 19.9 Å². The third-order valence-electron chi connectivity index (χ3n) is 5.55. The van der Waals surface area contributed by atoms with Crippen molar-refractivity contribution in [2.24, 2.45) is 0 Å². The minimum absolute atomic E-state index is 0.136. The maximum Gasteiger partial charge on any atom is 0.252 e. The lowest BCUT2D eigenvalue weighted by Crippen LogP contribution is -2.23. The first-order valence-corrected chi connectivity index (χ1v) is 10.3. The minimum Gasteiger partial charge on any atom is -0.505 e. The smallest absolute Gasteiger partial charge is 0.252 e.